The van der Waals surface area contributed by atoms with Gasteiger partial charge in [-0.1, -0.05) is 30.3 Å². The molecule has 0 aliphatic rings. The molecule has 0 radical (unpaired) electrons. The highest BCUT2D eigenvalue weighted by Gasteiger charge is 2.13. The number of nitrogens with one attached hydrogen (secondary N) is 1. The Bertz CT molecular complexity index is 1150. The Labute approximate surface area is 151 Å². The van der Waals surface area contributed by atoms with Gasteiger partial charge in [-0.15, -0.1) is 20.4 Å². The van der Waals surface area contributed by atoms with Crippen LogP contribution in [0, 0.1) is 5.82 Å². The van der Waals surface area contributed by atoms with Crippen LogP contribution in [0.15, 0.2) is 58.8 Å². The molecule has 0 saturated heterocycles. The van der Waals surface area contributed by atoms with Crippen molar-refractivity contribution in [3.63, 3.8) is 0 Å². The fourth-order valence-corrected chi connectivity index (χ4v) is 2.51. The van der Waals surface area contributed by atoms with Gasteiger partial charge in [-0.05, 0) is 23.4 Å². The number of fused-ring (bicyclic) bond motifs is 1. The maximum atomic E-state index is 13.2. The van der Waals surface area contributed by atoms with E-state index < -0.39 is 11.7 Å². The van der Waals surface area contributed by atoms with Crippen molar-refractivity contribution in [3.05, 3.63) is 54.3 Å². The molecule has 1 amide bonds. The summed E-state index contributed by atoms with van der Waals surface area (Å²) in [5, 5.41) is 29.5. The number of nitrogens with zero attached hydrogens (tertiary/aromatic N) is 6. The molecule has 0 saturated carbocycles. The molecule has 9 nitrogen and oxygen atoms in total. The first-order valence-corrected chi connectivity index (χ1v) is 7.88. The predicted molar refractivity (Wildman–Crippen MR) is 92.7 cm³/mol. The third kappa shape index (κ3) is 3.40. The first-order chi connectivity index (χ1) is 13.1. The Kier molecular flexibility index (Phi) is 4.13. The Morgan fingerprint density at radius 1 is 1.22 bits per heavy atom. The number of rotatable bonds is 4. The average molecular weight is 365 g/mol. The molecule has 4 rings (SSSR count). The van der Waals surface area contributed by atoms with Gasteiger partial charge in [-0.25, -0.2) is 4.39 Å². The number of hydrogen-bond donors (Lipinski definition) is 2. The van der Waals surface area contributed by atoms with E-state index in [4.69, 9.17) is 0 Å². The fourth-order valence-electron chi connectivity index (χ4n) is 2.51. The molecule has 2 heterocycles. The third-order valence-electron chi connectivity index (χ3n) is 3.74. The lowest BCUT2D eigenvalue weighted by atomic mass is 10.2. The summed E-state index contributed by atoms with van der Waals surface area (Å²) in [4.78, 5) is 15.7. The first kappa shape index (κ1) is 16.5. The zero-order valence-corrected chi connectivity index (χ0v) is 13.7. The highest BCUT2D eigenvalue weighted by molar-refractivity contribution is 5.94. The molecule has 4 aromatic rings. The van der Waals surface area contributed by atoms with Crippen molar-refractivity contribution in [2.45, 2.75) is 6.54 Å². The molecule has 134 valence electrons. The molecule has 0 fully saturated rings. The quantitative estimate of drug-likeness (QED) is 0.539. The van der Waals surface area contributed by atoms with E-state index in [1.54, 1.807) is 0 Å². The fraction of sp³-hybridized carbons (Fsp3) is 0.0588. The van der Waals surface area contributed by atoms with Crippen LogP contribution < -0.4 is 0 Å². The Morgan fingerprint density at radius 3 is 2.85 bits per heavy atom. The number of tetrazole rings is 1. The van der Waals surface area contributed by atoms with Gasteiger partial charge in [-0.2, -0.15) is 4.80 Å². The summed E-state index contributed by atoms with van der Waals surface area (Å²) in [6, 6.07) is 13.1. The number of aromatic hydroxyl groups is 1. The Balaban J connectivity index is 1.50. The van der Waals surface area contributed by atoms with Crippen molar-refractivity contribution in [1.82, 2.24) is 25.2 Å². The minimum Gasteiger partial charge on any atom is -0.493 e. The smallest absolute Gasteiger partial charge is 0.287 e. The minimum absolute atomic E-state index is 0.0508. The number of carbonyl (C=O) groups excluding carboxylic acids is 1. The van der Waals surface area contributed by atoms with Crippen molar-refractivity contribution >= 4 is 22.5 Å². The molecule has 0 unspecified atom stereocenters. The van der Waals surface area contributed by atoms with Gasteiger partial charge in [-0.3, -0.25) is 4.79 Å². The maximum Gasteiger partial charge on any atom is 0.287 e. The lowest BCUT2D eigenvalue weighted by molar-refractivity contribution is -0.119. The van der Waals surface area contributed by atoms with E-state index in [0.717, 1.165) is 10.4 Å². The molecule has 0 aliphatic heterocycles. The summed E-state index contributed by atoms with van der Waals surface area (Å²) < 4.78 is 13.2. The molecule has 2 aromatic heterocycles. The van der Waals surface area contributed by atoms with Gasteiger partial charge >= 0.3 is 0 Å². The second-order valence-electron chi connectivity index (χ2n) is 5.62. The molecule has 2 N–H and O–H groups in total. The monoisotopic (exact) mass is 365 g/mol. The summed E-state index contributed by atoms with van der Waals surface area (Å²) in [5.74, 6) is -1.02. The number of amides is 1. The van der Waals surface area contributed by atoms with Crippen LogP contribution in [0.3, 0.4) is 0 Å². The SMILES string of the molecule is O=C(Cn1nnc(-c2ccccc2)n1)N=Nc1c(O)[nH]c2cc(F)ccc12. The molecule has 27 heavy (non-hydrogen) atoms. The second kappa shape index (κ2) is 6.75. The lowest BCUT2D eigenvalue weighted by Crippen LogP contribution is -2.10. The van der Waals surface area contributed by atoms with Gasteiger partial charge < -0.3 is 10.1 Å². The number of aromatic nitrogens is 5. The van der Waals surface area contributed by atoms with Crippen molar-refractivity contribution in [3.8, 4) is 17.3 Å². The topological polar surface area (TPSA) is 121 Å². The third-order valence-corrected chi connectivity index (χ3v) is 3.74. The number of azo groups is 1. The normalized spacial score (nSPS) is 11.4. The molecule has 0 aliphatic carbocycles. The zero-order valence-electron chi connectivity index (χ0n) is 13.7. The molecule has 0 atom stereocenters. The Morgan fingerprint density at radius 2 is 2.04 bits per heavy atom. The van der Waals surface area contributed by atoms with Crippen LogP contribution in [0.2, 0.25) is 0 Å². The van der Waals surface area contributed by atoms with Gasteiger partial charge in [0, 0.05) is 10.9 Å². The summed E-state index contributed by atoms with van der Waals surface area (Å²) in [5.41, 5.74) is 1.17. The van der Waals surface area contributed by atoms with Crippen LogP contribution >= 0.6 is 0 Å². The van der Waals surface area contributed by atoms with Gasteiger partial charge in [0.15, 0.2) is 5.69 Å². The van der Waals surface area contributed by atoms with E-state index in [1.165, 1.54) is 18.2 Å². The first-order valence-electron chi connectivity index (χ1n) is 7.88. The van der Waals surface area contributed by atoms with Crippen LogP contribution in [0.5, 0.6) is 5.88 Å². The predicted octanol–water partition coefficient (Wildman–Crippen LogP) is 2.98. The zero-order chi connectivity index (χ0) is 18.8. The van der Waals surface area contributed by atoms with Crippen LogP contribution in [-0.2, 0) is 11.3 Å². The van der Waals surface area contributed by atoms with Gasteiger partial charge in [0.05, 0.1) is 5.52 Å². The van der Waals surface area contributed by atoms with Crippen LogP contribution in [0.4, 0.5) is 10.1 Å². The lowest BCUT2D eigenvalue weighted by Gasteiger charge is -1.94. The Hall–Kier alpha value is -3.95. The van der Waals surface area contributed by atoms with Gasteiger partial charge in [0.2, 0.25) is 11.7 Å². The highest BCUT2D eigenvalue weighted by atomic mass is 19.1. The van der Waals surface area contributed by atoms with E-state index in [0.29, 0.717) is 16.7 Å². The second-order valence-corrected chi connectivity index (χ2v) is 5.62. The number of carbonyl (C=O) groups is 1. The van der Waals surface area contributed by atoms with E-state index in [-0.39, 0.29) is 18.1 Å². The number of hydrogen-bond acceptors (Lipinski definition) is 6. The van der Waals surface area contributed by atoms with Crippen LogP contribution in [0.25, 0.3) is 22.3 Å². The molecule has 0 bridgehead atoms. The van der Waals surface area contributed by atoms with Gasteiger partial charge in [0.1, 0.15) is 12.4 Å². The summed E-state index contributed by atoms with van der Waals surface area (Å²) in [6.45, 7) is -0.263. The van der Waals surface area contributed by atoms with Crippen molar-refractivity contribution < 1.29 is 14.3 Å². The summed E-state index contributed by atoms with van der Waals surface area (Å²) in [7, 11) is 0. The number of aromatic amines is 1. The van der Waals surface area contributed by atoms with E-state index in [2.05, 4.69) is 30.6 Å². The standard InChI is InChI=1S/C17H12FN7O2/c18-11-6-7-12-13(8-11)19-17(27)15(12)21-20-14(26)9-25-23-16(22-24-25)10-4-2-1-3-5-10/h1-8,19,27H,9H2. The number of H-pyrrole nitrogens is 1. The van der Waals surface area contributed by atoms with Gasteiger partial charge in [0.25, 0.3) is 5.91 Å². The minimum atomic E-state index is -0.636. The average Bonchev–Trinajstić information content (AvgIpc) is 3.24. The summed E-state index contributed by atoms with van der Waals surface area (Å²) >= 11 is 0. The van der Waals surface area contributed by atoms with E-state index in [1.807, 2.05) is 30.3 Å². The number of halogens is 1. The van der Waals surface area contributed by atoms with E-state index in [9.17, 15) is 14.3 Å². The van der Waals surface area contributed by atoms with Crippen LogP contribution in [-0.4, -0.2) is 36.2 Å². The van der Waals surface area contributed by atoms with Crippen molar-refractivity contribution in [1.29, 1.82) is 0 Å². The van der Waals surface area contributed by atoms with Crippen LogP contribution in [0.1, 0.15) is 0 Å². The molecular weight excluding hydrogens is 353 g/mol. The molecule has 2 aromatic carbocycles. The van der Waals surface area contributed by atoms with Crippen molar-refractivity contribution in [2.24, 2.45) is 10.2 Å². The maximum absolute atomic E-state index is 13.2. The molecular formula is C17H12FN7O2. The molecule has 10 heteroatoms. The van der Waals surface area contributed by atoms with Crippen molar-refractivity contribution in [2.75, 3.05) is 0 Å². The van der Waals surface area contributed by atoms with E-state index >= 15 is 0 Å². The molecule has 0 spiro atoms. The summed E-state index contributed by atoms with van der Waals surface area (Å²) in [6.07, 6.45) is 0. The number of benzene rings is 2. The highest BCUT2D eigenvalue weighted by Crippen LogP contribution is 2.35. The largest absolute Gasteiger partial charge is 0.493 e.